The van der Waals surface area contributed by atoms with Crippen LogP contribution in [0.3, 0.4) is 0 Å². The molecule has 3 nitrogen and oxygen atoms in total. The first kappa shape index (κ1) is 9.21. The SMILES string of the molecule is Clc1cncc(Cl)c1C1OCCO1. The fraction of sp³-hybridized carbons (Fsp3) is 0.375. The highest BCUT2D eigenvalue weighted by atomic mass is 35.5. The Kier molecular flexibility index (Phi) is 2.69. The molecule has 1 saturated heterocycles. The van der Waals surface area contributed by atoms with E-state index >= 15 is 0 Å². The number of aromatic nitrogens is 1. The van der Waals surface area contributed by atoms with Crippen molar-refractivity contribution in [3.63, 3.8) is 0 Å². The lowest BCUT2D eigenvalue weighted by Crippen LogP contribution is -2.00. The number of hydrogen-bond donors (Lipinski definition) is 0. The van der Waals surface area contributed by atoms with Crippen LogP contribution in [0.1, 0.15) is 11.9 Å². The molecule has 70 valence electrons. The summed E-state index contributed by atoms with van der Waals surface area (Å²) in [6.07, 6.45) is 2.60. The maximum atomic E-state index is 5.90. The van der Waals surface area contributed by atoms with Crippen LogP contribution in [-0.4, -0.2) is 18.2 Å². The average Bonchev–Trinajstić information content (AvgIpc) is 2.57. The minimum atomic E-state index is -0.442. The Morgan fingerprint density at radius 3 is 2.23 bits per heavy atom. The molecule has 0 unspecified atom stereocenters. The second-order valence-corrected chi connectivity index (χ2v) is 3.40. The summed E-state index contributed by atoms with van der Waals surface area (Å²) in [5.74, 6) is 0. The Bertz CT molecular complexity index is 293. The molecule has 1 aromatic rings. The summed E-state index contributed by atoms with van der Waals surface area (Å²) in [5.41, 5.74) is 0.663. The predicted molar refractivity (Wildman–Crippen MR) is 48.9 cm³/mol. The molecule has 5 heteroatoms. The zero-order chi connectivity index (χ0) is 9.26. The zero-order valence-corrected chi connectivity index (χ0v) is 8.18. The van der Waals surface area contributed by atoms with E-state index in [2.05, 4.69) is 4.98 Å². The van der Waals surface area contributed by atoms with Crippen molar-refractivity contribution in [1.29, 1.82) is 0 Å². The summed E-state index contributed by atoms with van der Waals surface area (Å²) >= 11 is 11.8. The van der Waals surface area contributed by atoms with E-state index in [9.17, 15) is 0 Å². The Balaban J connectivity index is 2.37. The molecule has 0 saturated carbocycles. The van der Waals surface area contributed by atoms with Gasteiger partial charge < -0.3 is 9.47 Å². The average molecular weight is 220 g/mol. The monoisotopic (exact) mass is 219 g/mol. The van der Waals surface area contributed by atoms with E-state index in [1.165, 1.54) is 12.4 Å². The second kappa shape index (κ2) is 3.80. The topological polar surface area (TPSA) is 31.4 Å². The van der Waals surface area contributed by atoms with Gasteiger partial charge in [0.1, 0.15) is 0 Å². The number of halogens is 2. The van der Waals surface area contributed by atoms with Gasteiger partial charge in [-0.05, 0) is 0 Å². The molecule has 0 radical (unpaired) electrons. The van der Waals surface area contributed by atoms with E-state index in [4.69, 9.17) is 32.7 Å². The first-order valence-electron chi connectivity index (χ1n) is 3.81. The molecule has 0 aliphatic carbocycles. The van der Waals surface area contributed by atoms with Gasteiger partial charge in [-0.15, -0.1) is 0 Å². The summed E-state index contributed by atoms with van der Waals surface area (Å²) in [5, 5.41) is 0.943. The lowest BCUT2D eigenvalue weighted by atomic mass is 10.2. The van der Waals surface area contributed by atoms with Gasteiger partial charge in [-0.2, -0.15) is 0 Å². The highest BCUT2D eigenvalue weighted by Crippen LogP contribution is 2.33. The van der Waals surface area contributed by atoms with E-state index in [1.807, 2.05) is 0 Å². The number of pyridine rings is 1. The molecule has 1 fully saturated rings. The van der Waals surface area contributed by atoms with Crippen LogP contribution in [0.4, 0.5) is 0 Å². The van der Waals surface area contributed by atoms with Crippen LogP contribution in [0.15, 0.2) is 12.4 Å². The molecular weight excluding hydrogens is 213 g/mol. The molecule has 0 spiro atoms. The Labute approximate surface area is 85.6 Å². The van der Waals surface area contributed by atoms with Crippen molar-refractivity contribution in [2.75, 3.05) is 13.2 Å². The van der Waals surface area contributed by atoms with Gasteiger partial charge in [-0.25, -0.2) is 0 Å². The van der Waals surface area contributed by atoms with E-state index in [0.717, 1.165) is 0 Å². The standard InChI is InChI=1S/C8H7Cl2NO2/c9-5-3-11-4-6(10)7(5)8-12-1-2-13-8/h3-4,8H,1-2H2. The number of hydrogen-bond acceptors (Lipinski definition) is 3. The first-order chi connectivity index (χ1) is 6.29. The fourth-order valence-corrected chi connectivity index (χ4v) is 1.71. The first-order valence-corrected chi connectivity index (χ1v) is 4.57. The minimum absolute atomic E-state index is 0.442. The number of nitrogens with zero attached hydrogens (tertiary/aromatic N) is 1. The maximum Gasteiger partial charge on any atom is 0.187 e. The van der Waals surface area contributed by atoms with Crippen molar-refractivity contribution < 1.29 is 9.47 Å². The summed E-state index contributed by atoms with van der Waals surface area (Å²) in [4.78, 5) is 3.84. The molecule has 0 atom stereocenters. The van der Waals surface area contributed by atoms with Gasteiger partial charge in [0.2, 0.25) is 0 Å². The fourth-order valence-electron chi connectivity index (χ4n) is 1.17. The van der Waals surface area contributed by atoms with Crippen LogP contribution in [0.25, 0.3) is 0 Å². The largest absolute Gasteiger partial charge is 0.346 e. The Hall–Kier alpha value is -0.350. The maximum absolute atomic E-state index is 5.90. The lowest BCUT2D eigenvalue weighted by Gasteiger charge is -2.11. The summed E-state index contributed by atoms with van der Waals surface area (Å²) in [6.45, 7) is 1.14. The highest BCUT2D eigenvalue weighted by molar-refractivity contribution is 6.35. The molecule has 1 aliphatic rings. The molecule has 0 amide bonds. The van der Waals surface area contributed by atoms with Gasteiger partial charge in [0.25, 0.3) is 0 Å². The Morgan fingerprint density at radius 1 is 1.15 bits per heavy atom. The summed E-state index contributed by atoms with van der Waals surface area (Å²) in [6, 6.07) is 0. The molecule has 0 N–H and O–H groups in total. The number of rotatable bonds is 1. The summed E-state index contributed by atoms with van der Waals surface area (Å²) < 4.78 is 10.6. The van der Waals surface area contributed by atoms with Gasteiger partial charge in [0, 0.05) is 18.0 Å². The highest BCUT2D eigenvalue weighted by Gasteiger charge is 2.23. The van der Waals surface area contributed by atoms with Crippen molar-refractivity contribution in [3.05, 3.63) is 28.0 Å². The lowest BCUT2D eigenvalue weighted by molar-refractivity contribution is -0.0440. The van der Waals surface area contributed by atoms with Crippen LogP contribution in [0.2, 0.25) is 10.0 Å². The Morgan fingerprint density at radius 2 is 1.69 bits per heavy atom. The minimum Gasteiger partial charge on any atom is -0.346 e. The van der Waals surface area contributed by atoms with E-state index < -0.39 is 6.29 Å². The van der Waals surface area contributed by atoms with Crippen LogP contribution in [0.5, 0.6) is 0 Å². The molecule has 0 bridgehead atoms. The molecule has 0 aromatic carbocycles. The van der Waals surface area contributed by atoms with Gasteiger partial charge in [0.15, 0.2) is 6.29 Å². The smallest absolute Gasteiger partial charge is 0.187 e. The molecular formula is C8H7Cl2NO2. The quantitative estimate of drug-likeness (QED) is 0.728. The van der Waals surface area contributed by atoms with Gasteiger partial charge in [0.05, 0.1) is 23.3 Å². The van der Waals surface area contributed by atoms with Crippen LogP contribution in [-0.2, 0) is 9.47 Å². The summed E-state index contributed by atoms with van der Waals surface area (Å²) in [7, 11) is 0. The van der Waals surface area contributed by atoms with Crippen molar-refractivity contribution in [2.24, 2.45) is 0 Å². The van der Waals surface area contributed by atoms with Crippen molar-refractivity contribution >= 4 is 23.2 Å². The third-order valence-electron chi connectivity index (χ3n) is 1.75. The van der Waals surface area contributed by atoms with E-state index in [-0.39, 0.29) is 0 Å². The molecule has 13 heavy (non-hydrogen) atoms. The molecule has 2 rings (SSSR count). The van der Waals surface area contributed by atoms with Crippen molar-refractivity contribution in [1.82, 2.24) is 4.98 Å². The van der Waals surface area contributed by atoms with Crippen LogP contribution < -0.4 is 0 Å². The molecule has 1 aromatic heterocycles. The van der Waals surface area contributed by atoms with Gasteiger partial charge in [-0.3, -0.25) is 4.98 Å². The molecule has 2 heterocycles. The third kappa shape index (κ3) is 1.79. The van der Waals surface area contributed by atoms with Crippen molar-refractivity contribution in [2.45, 2.75) is 6.29 Å². The third-order valence-corrected chi connectivity index (χ3v) is 2.35. The van der Waals surface area contributed by atoms with Gasteiger partial charge in [-0.1, -0.05) is 23.2 Å². The van der Waals surface area contributed by atoms with E-state index in [1.54, 1.807) is 0 Å². The van der Waals surface area contributed by atoms with Crippen molar-refractivity contribution in [3.8, 4) is 0 Å². The van der Waals surface area contributed by atoms with Crippen LogP contribution in [0, 0.1) is 0 Å². The van der Waals surface area contributed by atoms with Gasteiger partial charge >= 0.3 is 0 Å². The molecule has 1 aliphatic heterocycles. The number of ether oxygens (including phenoxy) is 2. The van der Waals surface area contributed by atoms with Crippen LogP contribution >= 0.6 is 23.2 Å². The van der Waals surface area contributed by atoms with E-state index in [0.29, 0.717) is 28.8 Å². The predicted octanol–water partition coefficient (Wildman–Crippen LogP) is 2.43. The zero-order valence-electron chi connectivity index (χ0n) is 6.67. The second-order valence-electron chi connectivity index (χ2n) is 2.59. The normalized spacial score (nSPS) is 18.0.